The van der Waals surface area contributed by atoms with E-state index in [9.17, 15) is 9.59 Å². The van der Waals surface area contributed by atoms with Crippen LogP contribution in [0.15, 0.2) is 24.3 Å². The molecular formula is C19H31ClN4O2. The van der Waals surface area contributed by atoms with Crippen LogP contribution in [0.25, 0.3) is 0 Å². The first-order chi connectivity index (χ1) is 12.0. The summed E-state index contributed by atoms with van der Waals surface area (Å²) in [7, 11) is 0. The molecule has 146 valence electrons. The van der Waals surface area contributed by atoms with Gasteiger partial charge in [-0.2, -0.15) is 0 Å². The van der Waals surface area contributed by atoms with Gasteiger partial charge in [0, 0.05) is 38.4 Å². The first kappa shape index (κ1) is 22.3. The number of halogens is 1. The van der Waals surface area contributed by atoms with Crippen molar-refractivity contribution in [3.05, 3.63) is 29.8 Å². The van der Waals surface area contributed by atoms with E-state index >= 15 is 0 Å². The molecule has 2 rings (SSSR count). The molecule has 0 saturated carbocycles. The number of rotatable bonds is 5. The zero-order valence-electron chi connectivity index (χ0n) is 16.0. The van der Waals surface area contributed by atoms with E-state index in [0.717, 1.165) is 24.1 Å². The molecule has 6 nitrogen and oxygen atoms in total. The molecule has 0 aromatic heterocycles. The average molecular weight is 383 g/mol. The van der Waals surface area contributed by atoms with Crippen LogP contribution in [0.5, 0.6) is 0 Å². The second-order valence-corrected chi connectivity index (χ2v) is 6.77. The molecule has 7 heteroatoms. The minimum absolute atomic E-state index is 0. The Bertz CT molecular complexity index is 603. The summed E-state index contributed by atoms with van der Waals surface area (Å²) in [6.45, 7) is 8.58. The van der Waals surface area contributed by atoms with Gasteiger partial charge in [0.25, 0.3) is 0 Å². The maximum Gasteiger partial charge on any atom is 0.321 e. The molecule has 1 aliphatic heterocycles. The van der Waals surface area contributed by atoms with E-state index in [-0.39, 0.29) is 24.3 Å². The van der Waals surface area contributed by atoms with Gasteiger partial charge in [-0.3, -0.25) is 4.79 Å². The molecule has 0 aliphatic carbocycles. The molecular weight excluding hydrogens is 352 g/mol. The van der Waals surface area contributed by atoms with Gasteiger partial charge in [-0.25, -0.2) is 4.79 Å². The molecule has 26 heavy (non-hydrogen) atoms. The van der Waals surface area contributed by atoms with Crippen LogP contribution in [0.4, 0.5) is 10.5 Å². The van der Waals surface area contributed by atoms with Crippen molar-refractivity contribution in [3.63, 3.8) is 0 Å². The summed E-state index contributed by atoms with van der Waals surface area (Å²) in [6, 6.07) is 7.61. The van der Waals surface area contributed by atoms with Crippen molar-refractivity contribution in [2.45, 2.75) is 33.6 Å². The fourth-order valence-electron chi connectivity index (χ4n) is 3.30. The number of nitrogens with one attached hydrogen (secondary N) is 1. The molecule has 0 atom stereocenters. The Morgan fingerprint density at radius 1 is 1.12 bits per heavy atom. The summed E-state index contributed by atoms with van der Waals surface area (Å²) in [4.78, 5) is 28.9. The second-order valence-electron chi connectivity index (χ2n) is 6.77. The molecule has 1 aromatic carbocycles. The fraction of sp³-hybridized carbons (Fsp3) is 0.579. The number of aryl methyl sites for hydroxylation is 1. The molecule has 1 heterocycles. The molecule has 0 radical (unpaired) electrons. The highest BCUT2D eigenvalue weighted by Gasteiger charge is 2.38. The van der Waals surface area contributed by atoms with Crippen LogP contribution >= 0.6 is 12.4 Å². The summed E-state index contributed by atoms with van der Waals surface area (Å²) in [5, 5.41) is 2.92. The van der Waals surface area contributed by atoms with Crippen molar-refractivity contribution >= 4 is 30.0 Å². The number of amides is 3. The maximum atomic E-state index is 12.8. The van der Waals surface area contributed by atoms with Gasteiger partial charge >= 0.3 is 6.03 Å². The molecule has 1 fully saturated rings. The summed E-state index contributed by atoms with van der Waals surface area (Å²) < 4.78 is 0. The van der Waals surface area contributed by atoms with Crippen molar-refractivity contribution < 1.29 is 9.59 Å². The third kappa shape index (κ3) is 4.89. The highest BCUT2D eigenvalue weighted by atomic mass is 35.5. The van der Waals surface area contributed by atoms with Crippen LogP contribution in [0.2, 0.25) is 0 Å². The Balaban J connectivity index is 0.00000338. The number of urea groups is 1. The lowest BCUT2D eigenvalue weighted by Gasteiger charge is -2.40. The number of carbonyl (C=O) groups is 2. The standard InChI is InChI=1S/C19H30N4O2.ClH/c1-4-19(5-2,14-20)17(24)22-9-11-23(12-10-22)18(25)21-16-8-6-7-15(3)13-16;/h6-8,13H,4-5,9-12,14,20H2,1-3H3,(H,21,25);1H. The smallest absolute Gasteiger partial charge is 0.321 e. The molecule has 1 saturated heterocycles. The third-order valence-electron chi connectivity index (χ3n) is 5.32. The fourth-order valence-corrected chi connectivity index (χ4v) is 3.30. The Kier molecular flexibility index (Phi) is 8.37. The molecule has 1 aromatic rings. The lowest BCUT2D eigenvalue weighted by Crippen LogP contribution is -2.56. The largest absolute Gasteiger partial charge is 0.339 e. The van der Waals surface area contributed by atoms with Crippen molar-refractivity contribution in [1.29, 1.82) is 0 Å². The number of carbonyl (C=O) groups excluding carboxylic acids is 2. The van der Waals surface area contributed by atoms with E-state index in [1.165, 1.54) is 0 Å². The molecule has 0 bridgehead atoms. The molecule has 1 aliphatic rings. The summed E-state index contributed by atoms with van der Waals surface area (Å²) in [5.74, 6) is 0.124. The monoisotopic (exact) mass is 382 g/mol. The van der Waals surface area contributed by atoms with Gasteiger partial charge in [0.1, 0.15) is 0 Å². The Hall–Kier alpha value is -1.79. The third-order valence-corrected chi connectivity index (χ3v) is 5.32. The van der Waals surface area contributed by atoms with E-state index in [1.54, 1.807) is 4.90 Å². The molecule has 0 unspecified atom stereocenters. The number of nitrogens with zero attached hydrogens (tertiary/aromatic N) is 2. The van der Waals surface area contributed by atoms with E-state index in [0.29, 0.717) is 32.7 Å². The molecule has 3 amide bonds. The maximum absolute atomic E-state index is 12.8. The van der Waals surface area contributed by atoms with E-state index in [1.807, 2.05) is 49.9 Å². The summed E-state index contributed by atoms with van der Waals surface area (Å²) in [6.07, 6.45) is 1.49. The zero-order valence-corrected chi connectivity index (χ0v) is 16.8. The minimum Gasteiger partial charge on any atom is -0.339 e. The lowest BCUT2D eigenvalue weighted by molar-refractivity contribution is -0.143. The second kappa shape index (κ2) is 9.78. The van der Waals surface area contributed by atoms with Gasteiger partial charge < -0.3 is 20.9 Å². The van der Waals surface area contributed by atoms with E-state index < -0.39 is 5.41 Å². The van der Waals surface area contributed by atoms with Gasteiger partial charge in [-0.15, -0.1) is 12.4 Å². The minimum atomic E-state index is -0.466. The zero-order chi connectivity index (χ0) is 18.4. The van der Waals surface area contributed by atoms with Gasteiger partial charge in [-0.1, -0.05) is 26.0 Å². The molecule has 3 N–H and O–H groups in total. The predicted molar refractivity (Wildman–Crippen MR) is 108 cm³/mol. The number of hydrogen-bond acceptors (Lipinski definition) is 3. The van der Waals surface area contributed by atoms with Crippen LogP contribution in [0.1, 0.15) is 32.3 Å². The first-order valence-corrected chi connectivity index (χ1v) is 9.07. The van der Waals surface area contributed by atoms with Crippen molar-refractivity contribution in [1.82, 2.24) is 9.80 Å². The average Bonchev–Trinajstić information content (AvgIpc) is 2.63. The highest BCUT2D eigenvalue weighted by molar-refractivity contribution is 5.90. The van der Waals surface area contributed by atoms with Crippen LogP contribution in [0.3, 0.4) is 0 Å². The normalized spacial score (nSPS) is 14.6. The predicted octanol–water partition coefficient (Wildman–Crippen LogP) is 2.86. The number of nitrogens with two attached hydrogens (primary N) is 1. The Morgan fingerprint density at radius 2 is 1.69 bits per heavy atom. The SMILES string of the molecule is CCC(CC)(CN)C(=O)N1CCN(C(=O)Nc2cccc(C)c2)CC1.Cl. The number of anilines is 1. The Morgan fingerprint density at radius 3 is 2.19 bits per heavy atom. The van der Waals surface area contributed by atoms with E-state index in [2.05, 4.69) is 5.32 Å². The topological polar surface area (TPSA) is 78.7 Å². The molecule has 0 spiro atoms. The highest BCUT2D eigenvalue weighted by Crippen LogP contribution is 2.28. The van der Waals surface area contributed by atoms with Gasteiger partial charge in [0.15, 0.2) is 0 Å². The summed E-state index contributed by atoms with van der Waals surface area (Å²) in [5.41, 5.74) is 7.32. The first-order valence-electron chi connectivity index (χ1n) is 9.07. The van der Waals surface area contributed by atoms with Crippen LogP contribution in [0, 0.1) is 12.3 Å². The van der Waals surface area contributed by atoms with E-state index in [4.69, 9.17) is 5.73 Å². The van der Waals surface area contributed by atoms with Crippen LogP contribution in [-0.4, -0.2) is 54.5 Å². The van der Waals surface area contributed by atoms with Crippen LogP contribution in [-0.2, 0) is 4.79 Å². The summed E-state index contributed by atoms with van der Waals surface area (Å²) >= 11 is 0. The van der Waals surface area contributed by atoms with Crippen LogP contribution < -0.4 is 11.1 Å². The number of benzene rings is 1. The quantitative estimate of drug-likeness (QED) is 0.821. The van der Waals surface area contributed by atoms with Gasteiger partial charge in [0.2, 0.25) is 5.91 Å². The van der Waals surface area contributed by atoms with Crippen molar-refractivity contribution in [3.8, 4) is 0 Å². The Labute approximate surface area is 162 Å². The van der Waals surface area contributed by atoms with Crippen molar-refractivity contribution in [2.75, 3.05) is 38.0 Å². The number of piperazine rings is 1. The lowest BCUT2D eigenvalue weighted by atomic mass is 9.81. The number of hydrogen-bond donors (Lipinski definition) is 2. The van der Waals surface area contributed by atoms with Gasteiger partial charge in [0.05, 0.1) is 5.41 Å². The van der Waals surface area contributed by atoms with Crippen molar-refractivity contribution in [2.24, 2.45) is 11.1 Å². The van der Waals surface area contributed by atoms with Gasteiger partial charge in [-0.05, 0) is 37.5 Å².